The first-order chi connectivity index (χ1) is 14.7. The molecule has 1 heterocycles. The quantitative estimate of drug-likeness (QED) is 0.206. The summed E-state index contributed by atoms with van der Waals surface area (Å²) in [6, 6.07) is 0. The third-order valence-corrected chi connectivity index (χ3v) is 11.1. The van der Waals surface area contributed by atoms with Crippen molar-refractivity contribution in [2.45, 2.75) is 110 Å². The van der Waals surface area contributed by atoms with E-state index >= 15 is 0 Å². The van der Waals surface area contributed by atoms with Gasteiger partial charge in [0.05, 0.1) is 18.8 Å². The molecule has 5 atom stereocenters. The topological polar surface area (TPSA) is 72.5 Å². The van der Waals surface area contributed by atoms with Crippen LogP contribution in [0.15, 0.2) is 11.6 Å². The number of esters is 1. The molecule has 0 amide bonds. The molecule has 7 nitrogen and oxygen atoms in total. The molecule has 2 aliphatic rings. The average Bonchev–Trinajstić information content (AvgIpc) is 2.96. The first kappa shape index (κ1) is 27.5. The fourth-order valence-electron chi connectivity index (χ4n) is 3.99. The van der Waals surface area contributed by atoms with E-state index in [2.05, 4.69) is 33.9 Å². The number of rotatable bonds is 9. The van der Waals surface area contributed by atoms with E-state index in [9.17, 15) is 4.79 Å². The maximum Gasteiger partial charge on any atom is 0.330 e. The van der Waals surface area contributed by atoms with Crippen LogP contribution >= 0.6 is 0 Å². The monoisotopic (exact) mass is 472 g/mol. The van der Waals surface area contributed by atoms with Gasteiger partial charge in [-0.2, -0.15) is 0 Å². The van der Waals surface area contributed by atoms with Gasteiger partial charge in [0.2, 0.25) is 0 Å². The molecule has 0 aromatic carbocycles. The lowest BCUT2D eigenvalue weighted by atomic mass is 9.78. The number of carbonyl (C=O) groups excluding carboxylic acids is 1. The minimum Gasteiger partial charge on any atom is -0.463 e. The van der Waals surface area contributed by atoms with Crippen molar-refractivity contribution in [2.24, 2.45) is 5.92 Å². The average molecular weight is 473 g/mol. The summed E-state index contributed by atoms with van der Waals surface area (Å²) in [5.74, 6) is -1.23. The van der Waals surface area contributed by atoms with Crippen LogP contribution in [0.2, 0.25) is 18.1 Å². The van der Waals surface area contributed by atoms with Gasteiger partial charge in [-0.05, 0) is 59.2 Å². The van der Waals surface area contributed by atoms with E-state index in [1.807, 2.05) is 27.7 Å². The van der Waals surface area contributed by atoms with Crippen LogP contribution in [0.5, 0.6) is 0 Å². The van der Waals surface area contributed by atoms with Crippen molar-refractivity contribution in [1.82, 2.24) is 0 Å². The van der Waals surface area contributed by atoms with E-state index in [4.69, 9.17) is 28.1 Å². The van der Waals surface area contributed by atoms with E-state index in [1.165, 1.54) is 0 Å². The van der Waals surface area contributed by atoms with Gasteiger partial charge in [0, 0.05) is 25.2 Å². The molecule has 0 radical (unpaired) electrons. The van der Waals surface area contributed by atoms with E-state index < -0.39 is 14.1 Å². The van der Waals surface area contributed by atoms with Crippen LogP contribution in [0.3, 0.4) is 0 Å². The van der Waals surface area contributed by atoms with Crippen LogP contribution in [-0.4, -0.2) is 64.5 Å². The lowest BCUT2D eigenvalue weighted by Crippen LogP contribution is -2.51. The zero-order chi connectivity index (χ0) is 24.3. The van der Waals surface area contributed by atoms with Crippen molar-refractivity contribution in [3.05, 3.63) is 11.6 Å². The maximum absolute atomic E-state index is 12.4. The molecule has 0 aromatic heterocycles. The molecule has 0 N–H and O–H groups in total. The summed E-state index contributed by atoms with van der Waals surface area (Å²) >= 11 is 0. The molecule has 5 unspecified atom stereocenters. The molecule has 1 aliphatic heterocycles. The summed E-state index contributed by atoms with van der Waals surface area (Å²) < 4.78 is 36.3. The Bertz CT molecular complexity index is 668. The van der Waals surface area contributed by atoms with Crippen LogP contribution < -0.4 is 0 Å². The highest BCUT2D eigenvalue weighted by molar-refractivity contribution is 6.74. The van der Waals surface area contributed by atoms with Crippen molar-refractivity contribution >= 4 is 14.3 Å². The van der Waals surface area contributed by atoms with Gasteiger partial charge in [-0.3, -0.25) is 0 Å². The second-order valence-corrected chi connectivity index (χ2v) is 15.4. The highest BCUT2D eigenvalue weighted by atomic mass is 28.4. The highest BCUT2D eigenvalue weighted by Gasteiger charge is 2.54. The van der Waals surface area contributed by atoms with Gasteiger partial charge in [-0.1, -0.05) is 26.3 Å². The molecule has 1 aliphatic carbocycles. The molecule has 1 saturated heterocycles. The minimum atomic E-state index is -2.00. The first-order valence-electron chi connectivity index (χ1n) is 11.8. The summed E-state index contributed by atoms with van der Waals surface area (Å²) in [6.07, 6.45) is 0.872. The third kappa shape index (κ3) is 6.87. The highest BCUT2D eigenvalue weighted by Crippen LogP contribution is 2.45. The van der Waals surface area contributed by atoms with Gasteiger partial charge in [0.15, 0.2) is 20.4 Å². The van der Waals surface area contributed by atoms with Gasteiger partial charge in [-0.15, -0.1) is 0 Å². The standard InChI is InChI=1S/C24H44O7Si/c1-11-26-16(3)29-19-13-17(14-20(25)27-12-2)18(15-28-32(9,10)23(4,5)6)21-22(19)31-24(7,8)30-21/h14,16,18-19,21-22H,11-13,15H2,1-10H3. The van der Waals surface area contributed by atoms with Crippen LogP contribution in [0, 0.1) is 5.92 Å². The Labute approximate surface area is 195 Å². The van der Waals surface area contributed by atoms with Gasteiger partial charge < -0.3 is 28.1 Å². The fraction of sp³-hybridized carbons (Fsp3) is 0.875. The van der Waals surface area contributed by atoms with Crippen molar-refractivity contribution in [3.8, 4) is 0 Å². The van der Waals surface area contributed by atoms with Gasteiger partial charge in [0.1, 0.15) is 6.10 Å². The number of ether oxygens (including phenoxy) is 5. The van der Waals surface area contributed by atoms with Crippen molar-refractivity contribution < 1.29 is 32.9 Å². The van der Waals surface area contributed by atoms with Crippen molar-refractivity contribution in [3.63, 3.8) is 0 Å². The van der Waals surface area contributed by atoms with E-state index in [-0.39, 0.29) is 41.5 Å². The summed E-state index contributed by atoms with van der Waals surface area (Å²) in [6.45, 7) is 21.9. The third-order valence-electron chi connectivity index (χ3n) is 6.63. The normalized spacial score (nSPS) is 30.2. The summed E-state index contributed by atoms with van der Waals surface area (Å²) in [7, 11) is -2.00. The summed E-state index contributed by atoms with van der Waals surface area (Å²) in [5.41, 5.74) is 0.915. The van der Waals surface area contributed by atoms with Crippen molar-refractivity contribution in [2.75, 3.05) is 19.8 Å². The predicted molar refractivity (Wildman–Crippen MR) is 126 cm³/mol. The molecule has 0 spiro atoms. The number of hydrogen-bond acceptors (Lipinski definition) is 7. The second kappa shape index (κ2) is 10.7. The minimum absolute atomic E-state index is 0.0803. The van der Waals surface area contributed by atoms with Gasteiger partial charge in [0.25, 0.3) is 0 Å². The molecule has 0 bridgehead atoms. The van der Waals surface area contributed by atoms with E-state index in [1.54, 1.807) is 13.0 Å². The van der Waals surface area contributed by atoms with Crippen LogP contribution in [-0.2, 0) is 32.9 Å². The van der Waals surface area contributed by atoms with Crippen LogP contribution in [0.1, 0.15) is 61.8 Å². The Kier molecular flexibility index (Phi) is 9.15. The zero-order valence-corrected chi connectivity index (χ0v) is 22.7. The SMILES string of the molecule is CCOC(=O)C=C1CC(OC(C)OCC)C2OC(C)(C)OC2C1CO[Si](C)(C)C(C)(C)C. The van der Waals surface area contributed by atoms with E-state index in [0.29, 0.717) is 26.2 Å². The molecular formula is C24H44O7Si. The largest absolute Gasteiger partial charge is 0.463 e. The molecule has 2 rings (SSSR count). The number of hydrogen-bond donors (Lipinski definition) is 0. The first-order valence-corrected chi connectivity index (χ1v) is 14.8. The summed E-state index contributed by atoms with van der Waals surface area (Å²) in [5, 5.41) is 0.0803. The van der Waals surface area contributed by atoms with Gasteiger partial charge in [-0.25, -0.2) is 4.79 Å². The molecule has 32 heavy (non-hydrogen) atoms. The fourth-order valence-corrected chi connectivity index (χ4v) is 5.02. The Balaban J connectivity index is 2.36. The van der Waals surface area contributed by atoms with Gasteiger partial charge >= 0.3 is 5.97 Å². The Morgan fingerprint density at radius 1 is 1.19 bits per heavy atom. The molecule has 2 fully saturated rings. The Morgan fingerprint density at radius 2 is 1.81 bits per heavy atom. The Hall–Kier alpha value is -0.773. The smallest absolute Gasteiger partial charge is 0.330 e. The second-order valence-electron chi connectivity index (χ2n) is 10.6. The molecule has 0 aromatic rings. The molecule has 186 valence electrons. The van der Waals surface area contributed by atoms with E-state index in [0.717, 1.165) is 5.57 Å². The molecular weight excluding hydrogens is 428 g/mol. The molecule has 8 heteroatoms. The lowest BCUT2D eigenvalue weighted by molar-refractivity contribution is -0.201. The molecule has 1 saturated carbocycles. The van der Waals surface area contributed by atoms with Crippen molar-refractivity contribution in [1.29, 1.82) is 0 Å². The lowest BCUT2D eigenvalue weighted by Gasteiger charge is -2.42. The predicted octanol–water partition coefficient (Wildman–Crippen LogP) is 4.81. The van der Waals surface area contributed by atoms with Crippen LogP contribution in [0.25, 0.3) is 0 Å². The summed E-state index contributed by atoms with van der Waals surface area (Å²) in [4.78, 5) is 12.4. The zero-order valence-electron chi connectivity index (χ0n) is 21.7. The number of carbonyl (C=O) groups is 1. The Morgan fingerprint density at radius 3 is 2.38 bits per heavy atom. The maximum atomic E-state index is 12.4. The van der Waals surface area contributed by atoms with Crippen LogP contribution in [0.4, 0.5) is 0 Å². The number of fused-ring (bicyclic) bond motifs is 1.